The Morgan fingerprint density at radius 3 is 2.22 bits per heavy atom. The SMILES string of the molecule is COc1ccc(C(=O)OC(C)C(=O)Nc2ccc([N+](=O)[O-])cc2)cc1OC. The van der Waals surface area contributed by atoms with Crippen molar-refractivity contribution in [3.05, 3.63) is 58.1 Å². The van der Waals surface area contributed by atoms with E-state index in [1.807, 2.05) is 0 Å². The molecule has 0 aliphatic rings. The summed E-state index contributed by atoms with van der Waals surface area (Å²) in [5.74, 6) is -0.465. The number of nitro benzene ring substituents is 1. The molecule has 1 amide bonds. The third-order valence-electron chi connectivity index (χ3n) is 3.62. The summed E-state index contributed by atoms with van der Waals surface area (Å²) in [6.07, 6.45) is -1.08. The number of esters is 1. The minimum absolute atomic E-state index is 0.0964. The number of hydrogen-bond donors (Lipinski definition) is 1. The maximum atomic E-state index is 12.2. The Morgan fingerprint density at radius 1 is 1.04 bits per heavy atom. The number of carbonyl (C=O) groups is 2. The third kappa shape index (κ3) is 4.94. The van der Waals surface area contributed by atoms with Gasteiger partial charge in [-0.2, -0.15) is 0 Å². The van der Waals surface area contributed by atoms with Gasteiger partial charge in [-0.15, -0.1) is 0 Å². The van der Waals surface area contributed by atoms with Crippen molar-refractivity contribution in [1.82, 2.24) is 0 Å². The Balaban J connectivity index is 2.01. The minimum atomic E-state index is -1.08. The summed E-state index contributed by atoms with van der Waals surface area (Å²) in [7, 11) is 2.91. The number of ether oxygens (including phenoxy) is 3. The molecule has 0 saturated heterocycles. The van der Waals surface area contributed by atoms with Crippen molar-refractivity contribution in [2.75, 3.05) is 19.5 Å². The van der Waals surface area contributed by atoms with Gasteiger partial charge < -0.3 is 19.5 Å². The number of nitrogens with one attached hydrogen (secondary N) is 1. The first-order valence-corrected chi connectivity index (χ1v) is 7.84. The standard InChI is InChI=1S/C18H18N2O7/c1-11(17(21)19-13-5-7-14(8-6-13)20(23)24)27-18(22)12-4-9-15(25-2)16(10-12)26-3/h4-11H,1-3H3,(H,19,21). The highest BCUT2D eigenvalue weighted by molar-refractivity contribution is 5.97. The molecule has 2 aromatic carbocycles. The maximum absolute atomic E-state index is 12.2. The van der Waals surface area contributed by atoms with Crippen LogP contribution in [0.1, 0.15) is 17.3 Å². The molecule has 0 aliphatic carbocycles. The first kappa shape index (κ1) is 19.7. The zero-order chi connectivity index (χ0) is 20.0. The monoisotopic (exact) mass is 374 g/mol. The summed E-state index contributed by atoms with van der Waals surface area (Å²) < 4.78 is 15.4. The van der Waals surface area contributed by atoms with Crippen molar-refractivity contribution < 1.29 is 28.7 Å². The highest BCUT2D eigenvalue weighted by Gasteiger charge is 2.20. The quantitative estimate of drug-likeness (QED) is 0.450. The van der Waals surface area contributed by atoms with Crippen LogP contribution in [0.15, 0.2) is 42.5 Å². The van der Waals surface area contributed by atoms with Gasteiger partial charge in [-0.1, -0.05) is 0 Å². The average Bonchev–Trinajstić information content (AvgIpc) is 2.67. The van der Waals surface area contributed by atoms with E-state index < -0.39 is 22.9 Å². The molecule has 142 valence electrons. The second-order valence-corrected chi connectivity index (χ2v) is 5.41. The van der Waals surface area contributed by atoms with E-state index in [9.17, 15) is 19.7 Å². The van der Waals surface area contributed by atoms with Crippen LogP contribution >= 0.6 is 0 Å². The van der Waals surface area contributed by atoms with E-state index in [1.165, 1.54) is 57.5 Å². The first-order valence-electron chi connectivity index (χ1n) is 7.84. The van der Waals surface area contributed by atoms with Gasteiger partial charge in [0.15, 0.2) is 17.6 Å². The summed E-state index contributed by atoms with van der Waals surface area (Å²) in [5, 5.41) is 13.2. The number of hydrogen-bond acceptors (Lipinski definition) is 7. The van der Waals surface area contributed by atoms with Crippen LogP contribution in [0, 0.1) is 10.1 Å². The van der Waals surface area contributed by atoms with Crippen LogP contribution in [0.2, 0.25) is 0 Å². The maximum Gasteiger partial charge on any atom is 0.339 e. The van der Waals surface area contributed by atoms with Crippen molar-refractivity contribution in [3.8, 4) is 11.5 Å². The first-order chi connectivity index (χ1) is 12.8. The van der Waals surface area contributed by atoms with Crippen LogP contribution in [0.3, 0.4) is 0 Å². The average molecular weight is 374 g/mol. The van der Waals surface area contributed by atoms with Gasteiger partial charge in [-0.05, 0) is 37.3 Å². The Kier molecular flexibility index (Phi) is 6.32. The summed E-state index contributed by atoms with van der Waals surface area (Å²) in [4.78, 5) is 34.5. The number of nitro groups is 1. The van der Waals surface area contributed by atoms with E-state index in [1.54, 1.807) is 6.07 Å². The lowest BCUT2D eigenvalue weighted by atomic mass is 10.2. The van der Waals surface area contributed by atoms with E-state index in [0.29, 0.717) is 17.2 Å². The highest BCUT2D eigenvalue weighted by Crippen LogP contribution is 2.28. The van der Waals surface area contributed by atoms with E-state index in [2.05, 4.69) is 5.32 Å². The molecule has 27 heavy (non-hydrogen) atoms. The van der Waals surface area contributed by atoms with Gasteiger partial charge in [0, 0.05) is 17.8 Å². The van der Waals surface area contributed by atoms with Gasteiger partial charge >= 0.3 is 5.97 Å². The molecular weight excluding hydrogens is 356 g/mol. The fraction of sp³-hybridized carbons (Fsp3) is 0.222. The number of amides is 1. The smallest absolute Gasteiger partial charge is 0.339 e. The highest BCUT2D eigenvalue weighted by atomic mass is 16.6. The predicted octanol–water partition coefficient (Wildman–Crippen LogP) is 2.80. The predicted molar refractivity (Wildman–Crippen MR) is 96.1 cm³/mol. The largest absolute Gasteiger partial charge is 0.493 e. The van der Waals surface area contributed by atoms with E-state index in [-0.39, 0.29) is 11.3 Å². The molecule has 0 aliphatic heterocycles. The van der Waals surface area contributed by atoms with Crippen LogP contribution in [0.5, 0.6) is 11.5 Å². The molecular formula is C18H18N2O7. The number of methoxy groups -OCH3 is 2. The van der Waals surface area contributed by atoms with Crippen LogP contribution in [-0.4, -0.2) is 37.1 Å². The third-order valence-corrected chi connectivity index (χ3v) is 3.62. The molecule has 0 bridgehead atoms. The minimum Gasteiger partial charge on any atom is -0.493 e. The van der Waals surface area contributed by atoms with Gasteiger partial charge in [0.05, 0.1) is 24.7 Å². The van der Waals surface area contributed by atoms with E-state index in [0.717, 1.165) is 0 Å². The number of carbonyl (C=O) groups excluding carboxylic acids is 2. The Hall–Kier alpha value is -3.62. The van der Waals surface area contributed by atoms with E-state index in [4.69, 9.17) is 14.2 Å². The fourth-order valence-corrected chi connectivity index (χ4v) is 2.16. The van der Waals surface area contributed by atoms with Crippen molar-refractivity contribution in [2.24, 2.45) is 0 Å². The molecule has 0 saturated carbocycles. The molecule has 1 unspecified atom stereocenters. The molecule has 9 heteroatoms. The fourth-order valence-electron chi connectivity index (χ4n) is 2.16. The molecule has 0 heterocycles. The molecule has 2 aromatic rings. The van der Waals surface area contributed by atoms with Crippen molar-refractivity contribution >= 4 is 23.3 Å². The Bertz CT molecular complexity index is 849. The topological polar surface area (TPSA) is 117 Å². The summed E-state index contributed by atoms with van der Waals surface area (Å²) >= 11 is 0. The molecule has 0 fully saturated rings. The molecule has 0 spiro atoms. The van der Waals surface area contributed by atoms with Gasteiger partial charge in [0.2, 0.25) is 0 Å². The lowest BCUT2D eigenvalue weighted by Gasteiger charge is -2.14. The second-order valence-electron chi connectivity index (χ2n) is 5.41. The number of benzene rings is 2. The Labute approximate surface area is 155 Å². The van der Waals surface area contributed by atoms with Crippen LogP contribution in [0.25, 0.3) is 0 Å². The van der Waals surface area contributed by atoms with Crippen molar-refractivity contribution in [3.63, 3.8) is 0 Å². The number of rotatable bonds is 7. The van der Waals surface area contributed by atoms with Crippen molar-refractivity contribution in [1.29, 1.82) is 0 Å². The molecule has 1 atom stereocenters. The summed E-state index contributed by atoms with van der Waals surface area (Å²) in [5.41, 5.74) is 0.447. The number of nitrogens with zero attached hydrogens (tertiary/aromatic N) is 1. The molecule has 0 aromatic heterocycles. The van der Waals surface area contributed by atoms with E-state index >= 15 is 0 Å². The summed E-state index contributed by atoms with van der Waals surface area (Å²) in [6.45, 7) is 1.42. The lowest BCUT2D eigenvalue weighted by Crippen LogP contribution is -2.30. The number of non-ortho nitro benzene ring substituents is 1. The van der Waals surface area contributed by atoms with Gasteiger partial charge in [-0.3, -0.25) is 14.9 Å². The zero-order valence-corrected chi connectivity index (χ0v) is 14.9. The van der Waals surface area contributed by atoms with Gasteiger partial charge in [0.25, 0.3) is 11.6 Å². The van der Waals surface area contributed by atoms with Gasteiger partial charge in [0.1, 0.15) is 0 Å². The number of anilines is 1. The summed E-state index contributed by atoms with van der Waals surface area (Å²) in [6, 6.07) is 9.79. The molecule has 9 nitrogen and oxygen atoms in total. The normalized spacial score (nSPS) is 11.2. The molecule has 1 N–H and O–H groups in total. The molecule has 2 rings (SSSR count). The Morgan fingerprint density at radius 2 is 1.67 bits per heavy atom. The lowest BCUT2D eigenvalue weighted by molar-refractivity contribution is -0.384. The van der Waals surface area contributed by atoms with Crippen LogP contribution in [-0.2, 0) is 9.53 Å². The van der Waals surface area contributed by atoms with Crippen LogP contribution in [0.4, 0.5) is 11.4 Å². The van der Waals surface area contributed by atoms with Gasteiger partial charge in [-0.25, -0.2) is 4.79 Å². The molecule has 0 radical (unpaired) electrons. The zero-order valence-electron chi connectivity index (χ0n) is 14.9. The second kappa shape index (κ2) is 8.65. The van der Waals surface area contributed by atoms with Crippen molar-refractivity contribution in [2.45, 2.75) is 13.0 Å². The van der Waals surface area contributed by atoms with Crippen LogP contribution < -0.4 is 14.8 Å².